The summed E-state index contributed by atoms with van der Waals surface area (Å²) in [6.45, 7) is 2.90. The fourth-order valence-corrected chi connectivity index (χ4v) is 3.97. The molecule has 9 heteroatoms. The minimum atomic E-state index is -3.70. The lowest BCUT2D eigenvalue weighted by molar-refractivity contribution is 0.0730. The summed E-state index contributed by atoms with van der Waals surface area (Å²) in [6, 6.07) is 9.56. The largest absolute Gasteiger partial charge is 0.379 e. The van der Waals surface area contributed by atoms with Gasteiger partial charge in [-0.25, -0.2) is 8.42 Å². The van der Waals surface area contributed by atoms with Gasteiger partial charge >= 0.3 is 0 Å². The zero-order chi connectivity index (χ0) is 18.4. The molecule has 0 saturated carbocycles. The van der Waals surface area contributed by atoms with Gasteiger partial charge in [0.2, 0.25) is 10.0 Å². The molecule has 128 valence electrons. The second-order valence-electron chi connectivity index (χ2n) is 5.21. The Morgan fingerprint density at radius 3 is 2.36 bits per heavy atom. The second kappa shape index (κ2) is 7.78. The Hall–Kier alpha value is -2.90. The normalized spacial score (nSPS) is 14.6. The van der Waals surface area contributed by atoms with Gasteiger partial charge in [0.25, 0.3) is 0 Å². The van der Waals surface area contributed by atoms with E-state index in [-0.39, 0.29) is 29.3 Å². The van der Waals surface area contributed by atoms with Crippen LogP contribution in [-0.2, 0) is 14.8 Å². The van der Waals surface area contributed by atoms with Gasteiger partial charge in [-0.3, -0.25) is 0 Å². The number of morpholine rings is 1. The van der Waals surface area contributed by atoms with Crippen LogP contribution in [-0.4, -0.2) is 39.0 Å². The number of benzene rings is 1. The molecular weight excluding hydrogens is 342 g/mol. The molecule has 2 rings (SSSR count). The van der Waals surface area contributed by atoms with E-state index in [2.05, 4.69) is 5.32 Å². The van der Waals surface area contributed by atoms with E-state index in [0.717, 1.165) is 0 Å². The summed E-state index contributed by atoms with van der Waals surface area (Å²) in [4.78, 5) is 0.104. The maximum Gasteiger partial charge on any atom is 0.243 e. The predicted molar refractivity (Wildman–Crippen MR) is 88.2 cm³/mol. The van der Waals surface area contributed by atoms with Gasteiger partial charge < -0.3 is 10.1 Å². The standard InChI is InChI=1S/C16H15N5O3S/c1-12-2-3-14(20-15(11-19)13(9-17)10-18)8-16(12)25(22,23)21-4-6-24-7-5-21/h2-3,8,20H,4-7H2,1H3. The van der Waals surface area contributed by atoms with Crippen molar-refractivity contribution in [2.45, 2.75) is 11.8 Å². The van der Waals surface area contributed by atoms with Crippen molar-refractivity contribution in [3.05, 3.63) is 35.0 Å². The smallest absolute Gasteiger partial charge is 0.243 e. The van der Waals surface area contributed by atoms with E-state index in [1.165, 1.54) is 10.4 Å². The average Bonchev–Trinajstić information content (AvgIpc) is 2.63. The first-order valence-corrected chi connectivity index (χ1v) is 8.78. The van der Waals surface area contributed by atoms with Crippen LogP contribution in [0.15, 0.2) is 34.4 Å². The first-order chi connectivity index (χ1) is 11.9. The van der Waals surface area contributed by atoms with Gasteiger partial charge in [0.05, 0.1) is 18.1 Å². The predicted octanol–water partition coefficient (Wildman–Crippen LogP) is 1.25. The highest BCUT2D eigenvalue weighted by atomic mass is 32.2. The number of nitriles is 3. The Labute approximate surface area is 146 Å². The van der Waals surface area contributed by atoms with Crippen molar-refractivity contribution >= 4 is 15.7 Å². The van der Waals surface area contributed by atoms with Crippen LogP contribution in [0.25, 0.3) is 0 Å². The molecule has 0 bridgehead atoms. The van der Waals surface area contributed by atoms with Crippen LogP contribution in [0.2, 0.25) is 0 Å². The van der Waals surface area contributed by atoms with Crippen molar-refractivity contribution in [1.82, 2.24) is 4.31 Å². The lowest BCUT2D eigenvalue weighted by atomic mass is 10.2. The maximum absolute atomic E-state index is 12.8. The number of rotatable bonds is 4. The SMILES string of the molecule is Cc1ccc(NC(C#N)=C(C#N)C#N)cc1S(=O)(=O)N1CCOCC1. The molecule has 0 atom stereocenters. The summed E-state index contributed by atoms with van der Waals surface area (Å²) < 4.78 is 32.2. The highest BCUT2D eigenvalue weighted by molar-refractivity contribution is 7.89. The molecule has 1 saturated heterocycles. The topological polar surface area (TPSA) is 130 Å². The first-order valence-electron chi connectivity index (χ1n) is 7.34. The summed E-state index contributed by atoms with van der Waals surface area (Å²) in [6.07, 6.45) is 0. The zero-order valence-electron chi connectivity index (χ0n) is 13.5. The van der Waals surface area contributed by atoms with E-state index in [1.54, 1.807) is 37.3 Å². The molecule has 0 aromatic heterocycles. The molecule has 1 aliphatic rings. The molecule has 1 heterocycles. The fourth-order valence-electron chi connectivity index (χ4n) is 2.31. The fraction of sp³-hybridized carbons (Fsp3) is 0.312. The number of hydrogen-bond acceptors (Lipinski definition) is 7. The molecule has 0 radical (unpaired) electrons. The van der Waals surface area contributed by atoms with Crippen LogP contribution in [0.1, 0.15) is 5.56 Å². The third-order valence-electron chi connectivity index (χ3n) is 3.63. The second-order valence-corrected chi connectivity index (χ2v) is 7.11. The number of aryl methyl sites for hydroxylation is 1. The van der Waals surface area contributed by atoms with E-state index in [9.17, 15) is 8.42 Å². The molecule has 0 spiro atoms. The monoisotopic (exact) mass is 357 g/mol. The molecule has 1 fully saturated rings. The van der Waals surface area contributed by atoms with Crippen LogP contribution in [0.3, 0.4) is 0 Å². The van der Waals surface area contributed by atoms with Gasteiger partial charge in [-0.1, -0.05) is 6.07 Å². The molecule has 1 N–H and O–H groups in total. The lowest BCUT2D eigenvalue weighted by Gasteiger charge is -2.26. The van der Waals surface area contributed by atoms with Gasteiger partial charge in [0.15, 0.2) is 5.57 Å². The molecule has 1 aromatic rings. The summed E-state index contributed by atoms with van der Waals surface area (Å²) in [5, 5.41) is 29.5. The third-order valence-corrected chi connectivity index (χ3v) is 5.67. The molecular formula is C16H15N5O3S. The van der Waals surface area contributed by atoms with Gasteiger partial charge in [-0.05, 0) is 24.6 Å². The van der Waals surface area contributed by atoms with E-state index in [4.69, 9.17) is 20.5 Å². The number of allylic oxidation sites excluding steroid dienone is 2. The molecule has 1 aromatic carbocycles. The lowest BCUT2D eigenvalue weighted by Crippen LogP contribution is -2.40. The molecule has 0 aliphatic carbocycles. The Balaban J connectivity index is 2.42. The van der Waals surface area contributed by atoms with Crippen molar-refractivity contribution in [1.29, 1.82) is 15.8 Å². The van der Waals surface area contributed by atoms with Crippen LogP contribution in [0.4, 0.5) is 5.69 Å². The number of nitrogens with one attached hydrogen (secondary N) is 1. The molecule has 1 aliphatic heterocycles. The average molecular weight is 357 g/mol. The van der Waals surface area contributed by atoms with E-state index in [0.29, 0.717) is 24.5 Å². The molecule has 8 nitrogen and oxygen atoms in total. The van der Waals surface area contributed by atoms with Gasteiger partial charge in [-0.2, -0.15) is 20.1 Å². The van der Waals surface area contributed by atoms with Crippen LogP contribution in [0, 0.1) is 40.9 Å². The highest BCUT2D eigenvalue weighted by Crippen LogP contribution is 2.25. The number of sulfonamides is 1. The zero-order valence-corrected chi connectivity index (χ0v) is 14.3. The first kappa shape index (κ1) is 18.4. The van der Waals surface area contributed by atoms with Crippen LogP contribution in [0.5, 0.6) is 0 Å². The molecule has 25 heavy (non-hydrogen) atoms. The number of nitrogens with zero attached hydrogens (tertiary/aromatic N) is 4. The quantitative estimate of drug-likeness (QED) is 0.802. The van der Waals surface area contributed by atoms with E-state index < -0.39 is 10.0 Å². The molecule has 0 amide bonds. The van der Waals surface area contributed by atoms with Gasteiger partial charge in [0, 0.05) is 18.8 Å². The number of hydrogen-bond donors (Lipinski definition) is 1. The highest BCUT2D eigenvalue weighted by Gasteiger charge is 2.28. The summed E-state index contributed by atoms with van der Waals surface area (Å²) in [5.74, 6) is 0. The van der Waals surface area contributed by atoms with Crippen molar-refractivity contribution < 1.29 is 13.2 Å². The van der Waals surface area contributed by atoms with Crippen molar-refractivity contribution in [2.24, 2.45) is 0 Å². The Kier molecular flexibility index (Phi) is 5.74. The van der Waals surface area contributed by atoms with Crippen molar-refractivity contribution in [3.8, 4) is 18.2 Å². The van der Waals surface area contributed by atoms with E-state index in [1.807, 2.05) is 0 Å². The van der Waals surface area contributed by atoms with Crippen molar-refractivity contribution in [2.75, 3.05) is 31.6 Å². The summed E-state index contributed by atoms with van der Waals surface area (Å²) in [5.41, 5.74) is 0.251. The van der Waals surface area contributed by atoms with Gasteiger partial charge in [-0.15, -0.1) is 0 Å². The maximum atomic E-state index is 12.8. The number of ether oxygens (including phenoxy) is 1. The minimum Gasteiger partial charge on any atom is -0.379 e. The van der Waals surface area contributed by atoms with Crippen LogP contribution < -0.4 is 5.32 Å². The molecule has 0 unspecified atom stereocenters. The Morgan fingerprint density at radius 2 is 1.80 bits per heavy atom. The summed E-state index contributed by atoms with van der Waals surface area (Å²) in [7, 11) is -3.70. The van der Waals surface area contributed by atoms with Crippen molar-refractivity contribution in [3.63, 3.8) is 0 Å². The Bertz CT molecular complexity index is 910. The Morgan fingerprint density at radius 1 is 1.16 bits per heavy atom. The number of anilines is 1. The third kappa shape index (κ3) is 3.96. The summed E-state index contributed by atoms with van der Waals surface area (Å²) >= 11 is 0. The van der Waals surface area contributed by atoms with Gasteiger partial charge in [0.1, 0.15) is 23.9 Å². The van der Waals surface area contributed by atoms with E-state index >= 15 is 0 Å². The van der Waals surface area contributed by atoms with Crippen LogP contribution >= 0.6 is 0 Å². The minimum absolute atomic E-state index is 0.104.